The zero-order valence-electron chi connectivity index (χ0n) is 7.78. The van der Waals surface area contributed by atoms with Crippen LogP contribution in [0.1, 0.15) is 5.56 Å². The molecule has 3 nitrogen and oxygen atoms in total. The number of ether oxygens (including phenoxy) is 1. The number of halogens is 3. The summed E-state index contributed by atoms with van der Waals surface area (Å²) in [5, 5.41) is 8.52. The van der Waals surface area contributed by atoms with Crippen molar-refractivity contribution in [3.05, 3.63) is 23.8 Å². The van der Waals surface area contributed by atoms with Crippen LogP contribution in [-0.4, -0.2) is 17.4 Å². The third kappa shape index (κ3) is 3.65. The molecule has 1 rings (SSSR count). The summed E-state index contributed by atoms with van der Waals surface area (Å²) in [6, 6.07) is 3.94. The molecule has 0 unspecified atom stereocenters. The number of carbonyl (C=O) groups is 1. The molecule has 1 aromatic rings. The molecule has 0 atom stereocenters. The van der Waals surface area contributed by atoms with E-state index in [-0.39, 0.29) is 10.5 Å². The van der Waals surface area contributed by atoms with Crippen LogP contribution in [-0.2, 0) is 11.2 Å². The maximum atomic E-state index is 12.0. The molecule has 1 aromatic carbocycles. The minimum Gasteiger partial charge on any atom is -0.481 e. The van der Waals surface area contributed by atoms with E-state index in [4.69, 9.17) is 5.11 Å². The Hall–Kier alpha value is -1.37. The van der Waals surface area contributed by atoms with Crippen LogP contribution in [0.2, 0.25) is 0 Å². The number of hydrogen-bond donors (Lipinski definition) is 2. The minimum atomic E-state index is -4.87. The molecule has 0 heterocycles. The number of carboxylic acid groups (broad SMARTS) is 1. The van der Waals surface area contributed by atoms with Crippen molar-refractivity contribution in [2.75, 3.05) is 0 Å². The van der Waals surface area contributed by atoms with E-state index in [9.17, 15) is 18.0 Å². The first-order valence-corrected chi connectivity index (χ1v) is 4.52. The van der Waals surface area contributed by atoms with Crippen molar-refractivity contribution in [2.24, 2.45) is 0 Å². The summed E-state index contributed by atoms with van der Waals surface area (Å²) in [5.41, 5.74) is -0.0719. The van der Waals surface area contributed by atoms with Crippen LogP contribution in [0.15, 0.2) is 23.1 Å². The van der Waals surface area contributed by atoms with Gasteiger partial charge in [-0.25, -0.2) is 0 Å². The number of rotatable bonds is 3. The molecule has 0 aliphatic carbocycles. The van der Waals surface area contributed by atoms with Crippen molar-refractivity contribution in [3.8, 4) is 5.75 Å². The molecule has 7 heteroatoms. The molecule has 1 N–H and O–H groups in total. The lowest BCUT2D eigenvalue weighted by atomic mass is 10.1. The molecule has 0 aromatic heterocycles. The predicted octanol–water partition coefficient (Wildman–Crippen LogP) is 2.50. The molecule has 0 spiro atoms. The summed E-state index contributed by atoms with van der Waals surface area (Å²) in [4.78, 5) is 10.4. The molecular weight excluding hydrogens is 245 g/mol. The summed E-state index contributed by atoms with van der Waals surface area (Å²) in [6.07, 6.45) is -5.42. The SMILES string of the molecule is O=C(O)Cc1cccc(S)c1OC(F)(F)F. The van der Waals surface area contributed by atoms with Gasteiger partial charge in [0.1, 0.15) is 5.75 Å². The van der Waals surface area contributed by atoms with E-state index in [2.05, 4.69) is 17.4 Å². The summed E-state index contributed by atoms with van der Waals surface area (Å²) < 4.78 is 39.8. The van der Waals surface area contributed by atoms with Gasteiger partial charge in [0, 0.05) is 10.5 Å². The average Bonchev–Trinajstić information content (AvgIpc) is 2.08. The van der Waals surface area contributed by atoms with Gasteiger partial charge in [-0.05, 0) is 6.07 Å². The predicted molar refractivity (Wildman–Crippen MR) is 51.7 cm³/mol. The summed E-state index contributed by atoms with van der Waals surface area (Å²) in [6.45, 7) is 0. The highest BCUT2D eigenvalue weighted by Gasteiger charge is 2.33. The van der Waals surface area contributed by atoms with Gasteiger partial charge in [0.25, 0.3) is 0 Å². The number of para-hydroxylation sites is 1. The summed E-state index contributed by atoms with van der Waals surface area (Å²) >= 11 is 3.78. The van der Waals surface area contributed by atoms with Gasteiger partial charge in [0.15, 0.2) is 0 Å². The standard InChI is InChI=1S/C9H7F3O3S/c10-9(11,12)15-8-5(4-7(13)14)2-1-3-6(8)16/h1-3,16H,4H2,(H,13,14). The van der Waals surface area contributed by atoms with Gasteiger partial charge in [0.2, 0.25) is 0 Å². The van der Waals surface area contributed by atoms with Crippen LogP contribution in [0.25, 0.3) is 0 Å². The first-order valence-electron chi connectivity index (χ1n) is 4.08. The van der Waals surface area contributed by atoms with Gasteiger partial charge in [-0.15, -0.1) is 25.8 Å². The Bertz CT molecular complexity index is 403. The molecule has 88 valence electrons. The van der Waals surface area contributed by atoms with E-state index in [1.807, 2.05) is 0 Å². The third-order valence-electron chi connectivity index (χ3n) is 1.64. The topological polar surface area (TPSA) is 46.5 Å². The van der Waals surface area contributed by atoms with Gasteiger partial charge >= 0.3 is 12.3 Å². The van der Waals surface area contributed by atoms with Crippen LogP contribution in [0.5, 0.6) is 5.75 Å². The van der Waals surface area contributed by atoms with E-state index in [1.165, 1.54) is 18.2 Å². The zero-order valence-corrected chi connectivity index (χ0v) is 8.68. The van der Waals surface area contributed by atoms with E-state index < -0.39 is 24.5 Å². The maximum Gasteiger partial charge on any atom is 0.573 e. The van der Waals surface area contributed by atoms with Crippen LogP contribution >= 0.6 is 12.6 Å². The number of aliphatic carboxylic acids is 1. The lowest BCUT2D eigenvalue weighted by molar-refractivity contribution is -0.275. The Balaban J connectivity index is 3.08. The largest absolute Gasteiger partial charge is 0.573 e. The van der Waals surface area contributed by atoms with E-state index in [0.29, 0.717) is 0 Å². The van der Waals surface area contributed by atoms with Crippen LogP contribution in [0, 0.1) is 0 Å². The van der Waals surface area contributed by atoms with Crippen molar-refractivity contribution >= 4 is 18.6 Å². The van der Waals surface area contributed by atoms with Gasteiger partial charge in [0.05, 0.1) is 6.42 Å². The summed E-state index contributed by atoms with van der Waals surface area (Å²) in [7, 11) is 0. The first-order chi connectivity index (χ1) is 7.29. The molecule has 0 saturated heterocycles. The Kier molecular flexibility index (Phi) is 3.69. The van der Waals surface area contributed by atoms with Gasteiger partial charge in [-0.1, -0.05) is 12.1 Å². The smallest absolute Gasteiger partial charge is 0.481 e. The van der Waals surface area contributed by atoms with Crippen molar-refractivity contribution in [1.82, 2.24) is 0 Å². The maximum absolute atomic E-state index is 12.0. The second-order valence-electron chi connectivity index (χ2n) is 2.88. The number of thiol groups is 1. The van der Waals surface area contributed by atoms with Crippen molar-refractivity contribution in [3.63, 3.8) is 0 Å². The quantitative estimate of drug-likeness (QED) is 0.812. The highest BCUT2D eigenvalue weighted by atomic mass is 32.1. The van der Waals surface area contributed by atoms with Crippen molar-refractivity contribution < 1.29 is 27.8 Å². The molecule has 0 fully saturated rings. The summed E-state index contributed by atoms with van der Waals surface area (Å²) in [5.74, 6) is -1.81. The molecule has 0 saturated carbocycles. The van der Waals surface area contributed by atoms with Crippen molar-refractivity contribution in [2.45, 2.75) is 17.7 Å². The highest BCUT2D eigenvalue weighted by Crippen LogP contribution is 2.32. The van der Waals surface area contributed by atoms with Crippen LogP contribution < -0.4 is 4.74 Å². The Labute approximate surface area is 94.2 Å². The van der Waals surface area contributed by atoms with Gasteiger partial charge in [-0.3, -0.25) is 4.79 Å². The Morgan fingerprint density at radius 3 is 2.56 bits per heavy atom. The van der Waals surface area contributed by atoms with E-state index >= 15 is 0 Å². The Morgan fingerprint density at radius 1 is 1.44 bits per heavy atom. The number of carboxylic acids is 1. The molecule has 16 heavy (non-hydrogen) atoms. The highest BCUT2D eigenvalue weighted by molar-refractivity contribution is 7.80. The molecule has 0 radical (unpaired) electrons. The molecule has 0 aliphatic heterocycles. The fraction of sp³-hybridized carbons (Fsp3) is 0.222. The normalized spacial score (nSPS) is 11.2. The van der Waals surface area contributed by atoms with E-state index in [1.54, 1.807) is 0 Å². The fourth-order valence-electron chi connectivity index (χ4n) is 1.11. The lowest BCUT2D eigenvalue weighted by Crippen LogP contribution is -2.19. The van der Waals surface area contributed by atoms with Gasteiger partial charge in [-0.2, -0.15) is 0 Å². The van der Waals surface area contributed by atoms with Crippen molar-refractivity contribution in [1.29, 1.82) is 0 Å². The Morgan fingerprint density at radius 2 is 2.06 bits per heavy atom. The monoisotopic (exact) mass is 252 g/mol. The second kappa shape index (κ2) is 4.65. The first kappa shape index (κ1) is 12.7. The number of alkyl halides is 3. The third-order valence-corrected chi connectivity index (χ3v) is 1.99. The number of hydrogen-bond acceptors (Lipinski definition) is 3. The molecule has 0 bridgehead atoms. The lowest BCUT2D eigenvalue weighted by Gasteiger charge is -2.14. The second-order valence-corrected chi connectivity index (χ2v) is 3.37. The minimum absolute atomic E-state index is 0.0592. The van der Waals surface area contributed by atoms with Crippen LogP contribution in [0.3, 0.4) is 0 Å². The molecule has 0 amide bonds. The van der Waals surface area contributed by atoms with Gasteiger partial charge < -0.3 is 9.84 Å². The molecular formula is C9H7F3O3S. The number of benzene rings is 1. The zero-order chi connectivity index (χ0) is 12.3. The average molecular weight is 252 g/mol. The fourth-order valence-corrected chi connectivity index (χ4v) is 1.38. The molecule has 0 aliphatic rings. The van der Waals surface area contributed by atoms with Crippen LogP contribution in [0.4, 0.5) is 13.2 Å². The van der Waals surface area contributed by atoms with E-state index in [0.717, 1.165) is 0 Å².